The van der Waals surface area contributed by atoms with Crippen LogP contribution in [0.3, 0.4) is 0 Å². The molecule has 0 aromatic heterocycles. The second-order valence-corrected chi connectivity index (χ2v) is 4.65. The molecule has 1 unspecified atom stereocenters. The van der Waals surface area contributed by atoms with Crippen LogP contribution in [0.4, 0.5) is 0 Å². The zero-order chi connectivity index (χ0) is 14.6. The largest absolute Gasteiger partial charge is 0.391 e. The number of hydrogen-bond acceptors (Lipinski definition) is 4. The summed E-state index contributed by atoms with van der Waals surface area (Å²) in [5.41, 5.74) is 2.69. The SMILES string of the molecule is CCCCC(C=NOCc1ccccc1)CC(=O)NO. The Labute approximate surface area is 119 Å². The Morgan fingerprint density at radius 2 is 2.20 bits per heavy atom. The van der Waals surface area contributed by atoms with E-state index in [0.717, 1.165) is 24.8 Å². The number of rotatable bonds is 9. The Kier molecular flexibility index (Phi) is 8.07. The first-order valence-corrected chi connectivity index (χ1v) is 6.88. The lowest BCUT2D eigenvalue weighted by Crippen LogP contribution is -2.22. The summed E-state index contributed by atoms with van der Waals surface area (Å²) in [6, 6.07) is 9.75. The Balaban J connectivity index is 2.38. The van der Waals surface area contributed by atoms with Crippen LogP contribution in [-0.2, 0) is 16.2 Å². The molecule has 1 amide bonds. The molecule has 110 valence electrons. The van der Waals surface area contributed by atoms with Gasteiger partial charge in [0.25, 0.3) is 0 Å². The van der Waals surface area contributed by atoms with Crippen molar-refractivity contribution in [3.8, 4) is 0 Å². The van der Waals surface area contributed by atoms with Gasteiger partial charge < -0.3 is 4.84 Å². The van der Waals surface area contributed by atoms with Gasteiger partial charge in [0.2, 0.25) is 5.91 Å². The summed E-state index contributed by atoms with van der Waals surface area (Å²) in [5, 5.41) is 12.5. The third kappa shape index (κ3) is 6.89. The average molecular weight is 278 g/mol. The second kappa shape index (κ2) is 9.97. The first-order chi connectivity index (χ1) is 9.76. The molecular formula is C15H22N2O3. The van der Waals surface area contributed by atoms with Crippen LogP contribution in [0.15, 0.2) is 35.5 Å². The smallest absolute Gasteiger partial charge is 0.243 e. The zero-order valence-electron chi connectivity index (χ0n) is 11.8. The predicted octanol–water partition coefficient (Wildman–Crippen LogP) is 2.89. The van der Waals surface area contributed by atoms with Gasteiger partial charge in [-0.1, -0.05) is 55.3 Å². The van der Waals surface area contributed by atoms with Gasteiger partial charge in [-0.2, -0.15) is 0 Å². The van der Waals surface area contributed by atoms with E-state index in [4.69, 9.17) is 10.0 Å². The van der Waals surface area contributed by atoms with E-state index in [2.05, 4.69) is 12.1 Å². The standard InChI is InChI=1S/C15H22N2O3/c1-2-3-7-14(10-15(18)17-19)11-16-20-12-13-8-5-4-6-9-13/h4-6,8-9,11,14,19H,2-3,7,10,12H2,1H3,(H,17,18). The number of benzene rings is 1. The highest BCUT2D eigenvalue weighted by molar-refractivity contribution is 5.78. The van der Waals surface area contributed by atoms with Crippen molar-refractivity contribution in [2.24, 2.45) is 11.1 Å². The Morgan fingerprint density at radius 3 is 2.85 bits per heavy atom. The number of hydrogen-bond donors (Lipinski definition) is 2. The topological polar surface area (TPSA) is 70.9 Å². The summed E-state index contributed by atoms with van der Waals surface area (Å²) in [6.07, 6.45) is 4.77. The van der Waals surface area contributed by atoms with Crippen molar-refractivity contribution in [3.63, 3.8) is 0 Å². The summed E-state index contributed by atoms with van der Waals surface area (Å²) in [6.45, 7) is 2.50. The Morgan fingerprint density at radius 1 is 1.45 bits per heavy atom. The van der Waals surface area contributed by atoms with Crippen molar-refractivity contribution >= 4 is 12.1 Å². The molecule has 0 aliphatic rings. The summed E-state index contributed by atoms with van der Waals surface area (Å²) >= 11 is 0. The van der Waals surface area contributed by atoms with Crippen LogP contribution in [0.1, 0.15) is 38.2 Å². The highest BCUT2D eigenvalue weighted by atomic mass is 16.6. The minimum absolute atomic E-state index is 0.0159. The second-order valence-electron chi connectivity index (χ2n) is 4.65. The fourth-order valence-corrected chi connectivity index (χ4v) is 1.79. The van der Waals surface area contributed by atoms with Crippen LogP contribution < -0.4 is 5.48 Å². The normalized spacial score (nSPS) is 12.3. The van der Waals surface area contributed by atoms with E-state index in [-0.39, 0.29) is 12.3 Å². The Hall–Kier alpha value is -1.88. The molecule has 0 saturated carbocycles. The van der Waals surface area contributed by atoms with Crippen LogP contribution in [0.5, 0.6) is 0 Å². The minimum Gasteiger partial charge on any atom is -0.391 e. The minimum atomic E-state index is -0.402. The maximum absolute atomic E-state index is 11.2. The van der Waals surface area contributed by atoms with E-state index >= 15 is 0 Å². The monoisotopic (exact) mass is 278 g/mol. The van der Waals surface area contributed by atoms with Gasteiger partial charge in [-0.25, -0.2) is 5.48 Å². The quantitative estimate of drug-likeness (QED) is 0.414. The molecule has 0 heterocycles. The summed E-state index contributed by atoms with van der Waals surface area (Å²) < 4.78 is 0. The van der Waals surface area contributed by atoms with E-state index in [9.17, 15) is 4.79 Å². The van der Waals surface area contributed by atoms with Gasteiger partial charge in [0, 0.05) is 18.6 Å². The van der Waals surface area contributed by atoms with Gasteiger partial charge in [0.05, 0.1) is 0 Å². The molecule has 0 saturated heterocycles. The molecule has 0 fully saturated rings. The van der Waals surface area contributed by atoms with Gasteiger partial charge >= 0.3 is 0 Å². The molecule has 1 rings (SSSR count). The molecule has 20 heavy (non-hydrogen) atoms. The molecule has 0 radical (unpaired) electrons. The lowest BCUT2D eigenvalue weighted by Gasteiger charge is -2.09. The lowest BCUT2D eigenvalue weighted by atomic mass is 10.00. The van der Waals surface area contributed by atoms with E-state index in [0.29, 0.717) is 6.61 Å². The van der Waals surface area contributed by atoms with Crippen molar-refractivity contribution in [2.45, 2.75) is 39.2 Å². The van der Waals surface area contributed by atoms with Crippen LogP contribution in [0.2, 0.25) is 0 Å². The fraction of sp³-hybridized carbons (Fsp3) is 0.467. The lowest BCUT2D eigenvalue weighted by molar-refractivity contribution is -0.129. The Bertz CT molecular complexity index is 407. The number of amides is 1. The molecule has 2 N–H and O–H groups in total. The molecule has 0 aliphatic heterocycles. The summed E-state index contributed by atoms with van der Waals surface area (Å²) in [7, 11) is 0. The first-order valence-electron chi connectivity index (χ1n) is 6.88. The van der Waals surface area contributed by atoms with Gasteiger partial charge in [-0.3, -0.25) is 10.0 Å². The number of oxime groups is 1. The third-order valence-electron chi connectivity index (χ3n) is 2.92. The van der Waals surface area contributed by atoms with Crippen molar-refractivity contribution < 1.29 is 14.8 Å². The molecule has 1 atom stereocenters. The fourth-order valence-electron chi connectivity index (χ4n) is 1.79. The van der Waals surface area contributed by atoms with Gasteiger partial charge in [0.15, 0.2) is 0 Å². The molecule has 1 aromatic carbocycles. The van der Waals surface area contributed by atoms with Crippen LogP contribution in [-0.4, -0.2) is 17.3 Å². The maximum Gasteiger partial charge on any atom is 0.243 e. The van der Waals surface area contributed by atoms with Crippen molar-refractivity contribution in [1.29, 1.82) is 0 Å². The summed E-state index contributed by atoms with van der Waals surface area (Å²) in [4.78, 5) is 16.4. The van der Waals surface area contributed by atoms with Crippen LogP contribution in [0.25, 0.3) is 0 Å². The van der Waals surface area contributed by atoms with Crippen LogP contribution in [0, 0.1) is 5.92 Å². The molecule has 0 bridgehead atoms. The molecule has 1 aromatic rings. The average Bonchev–Trinajstić information content (AvgIpc) is 2.49. The third-order valence-corrected chi connectivity index (χ3v) is 2.92. The number of unbranched alkanes of at least 4 members (excludes halogenated alkanes) is 1. The van der Waals surface area contributed by atoms with E-state index in [1.165, 1.54) is 0 Å². The highest BCUT2D eigenvalue weighted by Gasteiger charge is 2.11. The van der Waals surface area contributed by atoms with Crippen molar-refractivity contribution in [3.05, 3.63) is 35.9 Å². The molecule has 0 spiro atoms. The number of hydroxylamine groups is 1. The zero-order valence-corrected chi connectivity index (χ0v) is 11.8. The molecule has 5 nitrogen and oxygen atoms in total. The highest BCUT2D eigenvalue weighted by Crippen LogP contribution is 2.11. The van der Waals surface area contributed by atoms with E-state index in [1.54, 1.807) is 11.7 Å². The first kappa shape index (κ1) is 16.2. The van der Waals surface area contributed by atoms with E-state index in [1.807, 2.05) is 30.3 Å². The summed E-state index contributed by atoms with van der Waals surface area (Å²) in [5.74, 6) is -0.418. The maximum atomic E-state index is 11.2. The van der Waals surface area contributed by atoms with Crippen LogP contribution >= 0.6 is 0 Å². The van der Waals surface area contributed by atoms with Gasteiger partial charge in [0.1, 0.15) is 6.61 Å². The number of carbonyl (C=O) groups is 1. The van der Waals surface area contributed by atoms with Gasteiger partial charge in [-0.05, 0) is 12.0 Å². The van der Waals surface area contributed by atoms with Crippen molar-refractivity contribution in [2.75, 3.05) is 0 Å². The molecule has 5 heteroatoms. The molecule has 0 aliphatic carbocycles. The number of nitrogens with one attached hydrogen (secondary N) is 1. The van der Waals surface area contributed by atoms with Crippen molar-refractivity contribution in [1.82, 2.24) is 5.48 Å². The predicted molar refractivity (Wildman–Crippen MR) is 77.3 cm³/mol. The number of nitrogens with zero attached hydrogens (tertiary/aromatic N) is 1. The van der Waals surface area contributed by atoms with E-state index < -0.39 is 5.91 Å². The number of carbonyl (C=O) groups excluding carboxylic acids is 1. The van der Waals surface area contributed by atoms with Gasteiger partial charge in [-0.15, -0.1) is 0 Å². The molecular weight excluding hydrogens is 256 g/mol.